The largest absolute Gasteiger partial charge is 0.481 e. The van der Waals surface area contributed by atoms with E-state index in [1.54, 1.807) is 24.5 Å². The normalized spacial score (nSPS) is 9.33. The Morgan fingerprint density at radius 3 is 2.92 bits per heavy atom. The molecule has 0 amide bonds. The van der Waals surface area contributed by atoms with Gasteiger partial charge in [0.05, 0.1) is 6.42 Å². The maximum Gasteiger partial charge on any atom is 0.307 e. The first kappa shape index (κ1) is 8.46. The van der Waals surface area contributed by atoms with Gasteiger partial charge >= 0.3 is 5.97 Å². The molecule has 0 radical (unpaired) electrons. The van der Waals surface area contributed by atoms with Crippen molar-refractivity contribution in [3.8, 4) is 0 Å². The molecule has 0 saturated heterocycles. The van der Waals surface area contributed by atoms with Crippen LogP contribution in [0.25, 0.3) is 5.57 Å². The lowest BCUT2D eigenvalue weighted by Crippen LogP contribution is -1.95. The number of carboxylic acid groups (broad SMARTS) is 1. The zero-order valence-electron chi connectivity index (χ0n) is 6.53. The zero-order chi connectivity index (χ0) is 8.97. The monoisotopic (exact) mass is 163 g/mol. The van der Waals surface area contributed by atoms with Gasteiger partial charge in [0, 0.05) is 12.4 Å². The molecule has 0 aromatic carbocycles. The summed E-state index contributed by atoms with van der Waals surface area (Å²) in [5, 5.41) is 8.46. The molecule has 0 aliphatic heterocycles. The van der Waals surface area contributed by atoms with Gasteiger partial charge in [0.25, 0.3) is 0 Å². The molecular formula is C9H9NO2. The highest BCUT2D eigenvalue weighted by atomic mass is 16.4. The van der Waals surface area contributed by atoms with Crippen molar-refractivity contribution in [3.63, 3.8) is 0 Å². The number of rotatable bonds is 3. The maximum absolute atomic E-state index is 10.3. The summed E-state index contributed by atoms with van der Waals surface area (Å²) in [4.78, 5) is 14.2. The Morgan fingerprint density at radius 1 is 1.67 bits per heavy atom. The molecule has 3 heteroatoms. The summed E-state index contributed by atoms with van der Waals surface area (Å²) in [6, 6.07) is 3.54. The van der Waals surface area contributed by atoms with Crippen LogP contribution in [0.4, 0.5) is 0 Å². The first-order valence-corrected chi connectivity index (χ1v) is 3.50. The van der Waals surface area contributed by atoms with Gasteiger partial charge in [0.2, 0.25) is 0 Å². The van der Waals surface area contributed by atoms with E-state index in [1.807, 2.05) is 0 Å². The van der Waals surface area contributed by atoms with E-state index in [2.05, 4.69) is 11.6 Å². The van der Waals surface area contributed by atoms with Crippen molar-refractivity contribution < 1.29 is 9.90 Å². The maximum atomic E-state index is 10.3. The SMILES string of the molecule is C=C(CC(=O)O)c1cccnc1. The van der Waals surface area contributed by atoms with E-state index in [0.717, 1.165) is 5.56 Å². The Kier molecular flexibility index (Phi) is 2.58. The fourth-order valence-electron chi connectivity index (χ4n) is 0.857. The second kappa shape index (κ2) is 3.67. The molecule has 0 bridgehead atoms. The second-order valence-corrected chi connectivity index (χ2v) is 2.42. The predicted octanol–water partition coefficient (Wildman–Crippen LogP) is 1.57. The van der Waals surface area contributed by atoms with Crippen LogP contribution < -0.4 is 0 Å². The number of hydrogen-bond acceptors (Lipinski definition) is 2. The highest BCUT2D eigenvalue weighted by Gasteiger charge is 2.02. The standard InChI is InChI=1S/C9H9NO2/c1-7(5-9(11)12)8-3-2-4-10-6-8/h2-4,6H,1,5H2,(H,11,12). The molecule has 12 heavy (non-hydrogen) atoms. The molecule has 1 N–H and O–H groups in total. The minimum Gasteiger partial charge on any atom is -0.481 e. The van der Waals surface area contributed by atoms with Crippen molar-refractivity contribution >= 4 is 11.5 Å². The van der Waals surface area contributed by atoms with Gasteiger partial charge in [0.1, 0.15) is 0 Å². The minimum absolute atomic E-state index is 0.0360. The van der Waals surface area contributed by atoms with E-state index < -0.39 is 5.97 Å². The van der Waals surface area contributed by atoms with Crippen LogP contribution in [0.3, 0.4) is 0 Å². The molecule has 0 fully saturated rings. The Balaban J connectivity index is 2.73. The summed E-state index contributed by atoms with van der Waals surface area (Å²) in [5.74, 6) is -0.871. The van der Waals surface area contributed by atoms with Crippen LogP contribution in [-0.2, 0) is 4.79 Å². The Bertz CT molecular complexity index is 293. The summed E-state index contributed by atoms with van der Waals surface area (Å²) in [6.45, 7) is 3.64. The van der Waals surface area contributed by atoms with Crippen LogP contribution in [0.1, 0.15) is 12.0 Å². The summed E-state index contributed by atoms with van der Waals surface area (Å²) < 4.78 is 0. The minimum atomic E-state index is -0.871. The van der Waals surface area contributed by atoms with Crippen molar-refractivity contribution in [2.75, 3.05) is 0 Å². The van der Waals surface area contributed by atoms with Crippen LogP contribution >= 0.6 is 0 Å². The van der Waals surface area contributed by atoms with E-state index >= 15 is 0 Å². The number of aromatic nitrogens is 1. The van der Waals surface area contributed by atoms with Crippen LogP contribution in [0.5, 0.6) is 0 Å². The van der Waals surface area contributed by atoms with Gasteiger partial charge in [-0.15, -0.1) is 0 Å². The Labute approximate surface area is 70.4 Å². The highest BCUT2D eigenvalue weighted by Crippen LogP contribution is 2.13. The van der Waals surface area contributed by atoms with Gasteiger partial charge in [-0.3, -0.25) is 9.78 Å². The highest BCUT2D eigenvalue weighted by molar-refractivity contribution is 5.82. The number of hydrogen-bond donors (Lipinski definition) is 1. The fraction of sp³-hybridized carbons (Fsp3) is 0.111. The second-order valence-electron chi connectivity index (χ2n) is 2.42. The molecule has 62 valence electrons. The van der Waals surface area contributed by atoms with Crippen LogP contribution in [0.2, 0.25) is 0 Å². The van der Waals surface area contributed by atoms with Crippen LogP contribution in [0.15, 0.2) is 31.1 Å². The Morgan fingerprint density at radius 2 is 2.42 bits per heavy atom. The number of pyridine rings is 1. The number of aliphatic carboxylic acids is 1. The lowest BCUT2D eigenvalue weighted by atomic mass is 10.1. The third-order valence-electron chi connectivity index (χ3n) is 1.43. The summed E-state index contributed by atoms with van der Waals surface area (Å²) in [5.41, 5.74) is 1.36. The molecule has 0 unspecified atom stereocenters. The van der Waals surface area contributed by atoms with Crippen LogP contribution in [-0.4, -0.2) is 16.1 Å². The van der Waals surface area contributed by atoms with Gasteiger partial charge in [-0.2, -0.15) is 0 Å². The fourth-order valence-corrected chi connectivity index (χ4v) is 0.857. The first-order valence-electron chi connectivity index (χ1n) is 3.50. The molecule has 0 aliphatic rings. The average Bonchev–Trinajstić information content (AvgIpc) is 2.05. The molecule has 3 nitrogen and oxygen atoms in total. The van der Waals surface area contributed by atoms with Crippen molar-refractivity contribution in [2.24, 2.45) is 0 Å². The van der Waals surface area contributed by atoms with E-state index in [4.69, 9.17) is 5.11 Å². The molecular weight excluding hydrogens is 154 g/mol. The average molecular weight is 163 g/mol. The molecule has 0 saturated carbocycles. The molecule has 0 atom stereocenters. The van der Waals surface area contributed by atoms with Gasteiger partial charge in [-0.25, -0.2) is 0 Å². The number of nitrogens with zero attached hydrogens (tertiary/aromatic N) is 1. The first-order chi connectivity index (χ1) is 5.70. The third-order valence-corrected chi connectivity index (χ3v) is 1.43. The van der Waals surface area contributed by atoms with E-state index in [-0.39, 0.29) is 6.42 Å². The van der Waals surface area contributed by atoms with Crippen molar-refractivity contribution in [3.05, 3.63) is 36.7 Å². The third kappa shape index (κ3) is 2.20. The number of carbonyl (C=O) groups is 1. The molecule has 1 heterocycles. The van der Waals surface area contributed by atoms with Crippen molar-refractivity contribution in [1.29, 1.82) is 0 Å². The smallest absolute Gasteiger partial charge is 0.307 e. The lowest BCUT2D eigenvalue weighted by Gasteiger charge is -2.00. The van der Waals surface area contributed by atoms with E-state index in [9.17, 15) is 4.79 Å². The van der Waals surface area contributed by atoms with Gasteiger partial charge in [0.15, 0.2) is 0 Å². The van der Waals surface area contributed by atoms with E-state index in [0.29, 0.717) is 5.57 Å². The Hall–Kier alpha value is -1.64. The predicted molar refractivity (Wildman–Crippen MR) is 45.5 cm³/mol. The van der Waals surface area contributed by atoms with Crippen LogP contribution in [0, 0.1) is 0 Å². The zero-order valence-corrected chi connectivity index (χ0v) is 6.53. The van der Waals surface area contributed by atoms with E-state index in [1.165, 1.54) is 0 Å². The summed E-state index contributed by atoms with van der Waals surface area (Å²) in [6.07, 6.45) is 3.20. The molecule has 0 spiro atoms. The molecule has 0 aliphatic carbocycles. The quantitative estimate of drug-likeness (QED) is 0.735. The van der Waals surface area contributed by atoms with Gasteiger partial charge in [-0.1, -0.05) is 12.6 Å². The topological polar surface area (TPSA) is 50.2 Å². The molecule has 1 aromatic rings. The molecule has 1 rings (SSSR count). The van der Waals surface area contributed by atoms with Crippen molar-refractivity contribution in [1.82, 2.24) is 4.98 Å². The van der Waals surface area contributed by atoms with Gasteiger partial charge < -0.3 is 5.11 Å². The van der Waals surface area contributed by atoms with Crippen molar-refractivity contribution in [2.45, 2.75) is 6.42 Å². The number of carboxylic acids is 1. The summed E-state index contributed by atoms with van der Waals surface area (Å²) >= 11 is 0. The lowest BCUT2D eigenvalue weighted by molar-refractivity contribution is -0.135. The summed E-state index contributed by atoms with van der Waals surface area (Å²) in [7, 11) is 0. The molecule has 1 aromatic heterocycles. The van der Waals surface area contributed by atoms with Gasteiger partial charge in [-0.05, 0) is 17.2 Å².